The molecule has 0 unspecified atom stereocenters. The van der Waals surface area contributed by atoms with Gasteiger partial charge in [0.1, 0.15) is 11.3 Å². The molecule has 1 fully saturated rings. The average molecular weight is 435 g/mol. The van der Waals surface area contributed by atoms with Gasteiger partial charge in [-0.2, -0.15) is 4.31 Å². The zero-order valence-corrected chi connectivity index (χ0v) is 17.9. The monoisotopic (exact) mass is 434 g/mol. The quantitative estimate of drug-likeness (QED) is 0.780. The normalized spacial score (nSPS) is 17.3. The first-order valence-corrected chi connectivity index (χ1v) is 11.3. The van der Waals surface area contributed by atoms with Gasteiger partial charge in [0.05, 0.1) is 10.6 Å². The molecular formula is C20H26N4O5S. The first-order valence-electron chi connectivity index (χ1n) is 9.84. The van der Waals surface area contributed by atoms with Crippen LogP contribution < -0.4 is 5.32 Å². The molecule has 0 saturated carbocycles. The Morgan fingerprint density at radius 1 is 1.10 bits per heavy atom. The van der Waals surface area contributed by atoms with E-state index >= 15 is 0 Å². The predicted octanol–water partition coefficient (Wildman–Crippen LogP) is 1.33. The van der Waals surface area contributed by atoms with Crippen LogP contribution in [-0.2, 0) is 14.8 Å². The van der Waals surface area contributed by atoms with E-state index in [1.165, 1.54) is 16.4 Å². The minimum atomic E-state index is -3.73. The van der Waals surface area contributed by atoms with Crippen molar-refractivity contribution in [3.8, 4) is 0 Å². The highest BCUT2D eigenvalue weighted by Crippen LogP contribution is 2.18. The maximum Gasteiger partial charge on any atom is 0.259 e. The Morgan fingerprint density at radius 3 is 2.50 bits per heavy atom. The van der Waals surface area contributed by atoms with Crippen LogP contribution in [0.2, 0.25) is 0 Å². The van der Waals surface area contributed by atoms with Crippen LogP contribution in [0.5, 0.6) is 0 Å². The van der Waals surface area contributed by atoms with E-state index in [4.69, 9.17) is 4.52 Å². The van der Waals surface area contributed by atoms with E-state index in [0.29, 0.717) is 43.1 Å². The molecule has 2 amide bonds. The maximum absolute atomic E-state index is 13.0. The third kappa shape index (κ3) is 4.88. The van der Waals surface area contributed by atoms with E-state index in [2.05, 4.69) is 10.5 Å². The highest BCUT2D eigenvalue weighted by molar-refractivity contribution is 7.89. The molecule has 9 nitrogen and oxygen atoms in total. The Kier molecular flexibility index (Phi) is 6.88. The average Bonchev–Trinajstić information content (AvgIpc) is 3.04. The molecule has 1 aromatic carbocycles. The highest BCUT2D eigenvalue weighted by atomic mass is 32.2. The highest BCUT2D eigenvalue weighted by Gasteiger charge is 2.27. The molecule has 10 heteroatoms. The Hall–Kier alpha value is -2.72. The number of carbonyl (C=O) groups is 2. The molecule has 1 N–H and O–H groups in total. The fourth-order valence-corrected chi connectivity index (χ4v) is 4.94. The van der Waals surface area contributed by atoms with Gasteiger partial charge in [0.2, 0.25) is 15.9 Å². The largest absolute Gasteiger partial charge is 0.361 e. The van der Waals surface area contributed by atoms with Crippen molar-refractivity contribution < 1.29 is 22.5 Å². The predicted molar refractivity (Wildman–Crippen MR) is 109 cm³/mol. The SMILES string of the molecule is Cc1noc(C)c1C(=O)N1CCCN(S(=O)(=O)c2ccccc2)CCC(=O)NCC1. The second-order valence-corrected chi connectivity index (χ2v) is 9.10. The van der Waals surface area contributed by atoms with Gasteiger partial charge in [-0.1, -0.05) is 23.4 Å². The summed E-state index contributed by atoms with van der Waals surface area (Å²) in [5, 5.41) is 6.59. The third-order valence-electron chi connectivity index (χ3n) is 5.04. The van der Waals surface area contributed by atoms with E-state index in [1.807, 2.05) is 0 Å². The lowest BCUT2D eigenvalue weighted by molar-refractivity contribution is -0.121. The number of nitrogens with one attached hydrogen (secondary N) is 1. The molecule has 30 heavy (non-hydrogen) atoms. The Bertz CT molecular complexity index is 984. The number of hydrogen-bond donors (Lipinski definition) is 1. The lowest BCUT2D eigenvalue weighted by Gasteiger charge is -2.24. The van der Waals surface area contributed by atoms with Crippen molar-refractivity contribution in [2.75, 3.05) is 32.7 Å². The molecule has 0 atom stereocenters. The molecule has 1 aliphatic rings. The fraction of sp³-hybridized carbons (Fsp3) is 0.450. The summed E-state index contributed by atoms with van der Waals surface area (Å²) in [6.45, 7) is 4.62. The zero-order chi connectivity index (χ0) is 21.7. The summed E-state index contributed by atoms with van der Waals surface area (Å²) < 4.78 is 32.5. The number of aromatic nitrogens is 1. The van der Waals surface area contributed by atoms with Gasteiger partial charge in [-0.05, 0) is 32.4 Å². The van der Waals surface area contributed by atoms with Crippen molar-refractivity contribution in [3.05, 3.63) is 47.3 Å². The molecule has 2 aromatic rings. The molecule has 0 bridgehead atoms. The number of amides is 2. The Morgan fingerprint density at radius 2 is 1.83 bits per heavy atom. The first-order chi connectivity index (χ1) is 14.3. The lowest BCUT2D eigenvalue weighted by atomic mass is 10.1. The number of nitrogens with zero attached hydrogens (tertiary/aromatic N) is 3. The van der Waals surface area contributed by atoms with Gasteiger partial charge >= 0.3 is 0 Å². The van der Waals surface area contributed by atoms with Gasteiger partial charge in [0.25, 0.3) is 5.91 Å². The van der Waals surface area contributed by atoms with Gasteiger partial charge in [-0.25, -0.2) is 8.42 Å². The zero-order valence-electron chi connectivity index (χ0n) is 17.1. The van der Waals surface area contributed by atoms with Crippen molar-refractivity contribution in [1.29, 1.82) is 0 Å². The summed E-state index contributed by atoms with van der Waals surface area (Å²) in [5.41, 5.74) is 0.911. The van der Waals surface area contributed by atoms with Gasteiger partial charge in [-0.15, -0.1) is 0 Å². The second-order valence-electron chi connectivity index (χ2n) is 7.16. The van der Waals surface area contributed by atoms with Crippen LogP contribution in [0.1, 0.15) is 34.7 Å². The number of aryl methyl sites for hydroxylation is 2. The van der Waals surface area contributed by atoms with Crippen LogP contribution in [0.4, 0.5) is 0 Å². The Balaban J connectivity index is 1.80. The number of benzene rings is 1. The number of hydrogen-bond acceptors (Lipinski definition) is 6. The van der Waals surface area contributed by atoms with Crippen LogP contribution in [0.25, 0.3) is 0 Å². The summed E-state index contributed by atoms with van der Waals surface area (Å²) in [4.78, 5) is 27.0. The van der Waals surface area contributed by atoms with Crippen molar-refractivity contribution in [1.82, 2.24) is 19.7 Å². The minimum absolute atomic E-state index is 0.0594. The van der Waals surface area contributed by atoms with Crippen molar-refractivity contribution in [2.45, 2.75) is 31.6 Å². The van der Waals surface area contributed by atoms with E-state index < -0.39 is 10.0 Å². The van der Waals surface area contributed by atoms with Gasteiger partial charge in [-0.3, -0.25) is 9.59 Å². The topological polar surface area (TPSA) is 113 Å². The standard InChI is InChI=1S/C20H26N4O5S/c1-15-19(16(2)29-22-15)20(26)23-11-6-12-24(13-9-18(25)21-10-14-23)30(27,28)17-7-4-3-5-8-17/h3-5,7-8H,6,9-14H2,1-2H3,(H,21,25). The number of rotatable bonds is 3. The second kappa shape index (κ2) is 9.40. The van der Waals surface area contributed by atoms with Crippen LogP contribution >= 0.6 is 0 Å². The van der Waals surface area contributed by atoms with Crippen molar-refractivity contribution >= 4 is 21.8 Å². The number of sulfonamides is 1. The summed E-state index contributed by atoms with van der Waals surface area (Å²) in [6, 6.07) is 8.14. The summed E-state index contributed by atoms with van der Waals surface area (Å²) in [5.74, 6) is -0.0590. The molecule has 1 saturated heterocycles. The van der Waals surface area contributed by atoms with Crippen LogP contribution in [0.3, 0.4) is 0 Å². The fourth-order valence-electron chi connectivity index (χ4n) is 3.44. The van der Waals surface area contributed by atoms with Crippen LogP contribution in [0.15, 0.2) is 39.8 Å². The van der Waals surface area contributed by atoms with E-state index in [-0.39, 0.29) is 36.2 Å². The van der Waals surface area contributed by atoms with Gasteiger partial charge < -0.3 is 14.7 Å². The lowest BCUT2D eigenvalue weighted by Crippen LogP contribution is -2.39. The molecule has 1 aromatic heterocycles. The molecule has 0 spiro atoms. The molecule has 3 rings (SSSR count). The molecule has 2 heterocycles. The first kappa shape index (κ1) is 22.0. The van der Waals surface area contributed by atoms with Crippen LogP contribution in [-0.4, -0.2) is 67.3 Å². The van der Waals surface area contributed by atoms with Gasteiger partial charge in [0.15, 0.2) is 0 Å². The summed E-state index contributed by atoms with van der Waals surface area (Å²) >= 11 is 0. The Labute approximate surface area is 176 Å². The number of carbonyl (C=O) groups excluding carboxylic acids is 2. The van der Waals surface area contributed by atoms with E-state index in [0.717, 1.165) is 0 Å². The molecule has 162 valence electrons. The molecule has 0 aliphatic carbocycles. The third-order valence-corrected chi connectivity index (χ3v) is 6.96. The van der Waals surface area contributed by atoms with Crippen molar-refractivity contribution in [2.24, 2.45) is 0 Å². The van der Waals surface area contributed by atoms with E-state index in [9.17, 15) is 18.0 Å². The summed E-state index contributed by atoms with van der Waals surface area (Å²) in [7, 11) is -3.73. The van der Waals surface area contributed by atoms with Gasteiger partial charge in [0, 0.05) is 39.1 Å². The van der Waals surface area contributed by atoms with Crippen molar-refractivity contribution in [3.63, 3.8) is 0 Å². The minimum Gasteiger partial charge on any atom is -0.361 e. The van der Waals surface area contributed by atoms with Crippen LogP contribution in [0, 0.1) is 13.8 Å². The molecule has 1 aliphatic heterocycles. The summed E-state index contributed by atoms with van der Waals surface area (Å²) in [6.07, 6.45) is 0.499. The smallest absolute Gasteiger partial charge is 0.259 e. The molecular weight excluding hydrogens is 408 g/mol. The maximum atomic E-state index is 13.0. The molecule has 0 radical (unpaired) electrons. The van der Waals surface area contributed by atoms with E-state index in [1.54, 1.807) is 36.9 Å².